The monoisotopic (exact) mass is 522 g/mol. The molecule has 2 aromatic carbocycles. The minimum absolute atomic E-state index is 0.0538. The van der Waals surface area contributed by atoms with Crippen LogP contribution in [0.4, 0.5) is 5.69 Å². The van der Waals surface area contributed by atoms with Gasteiger partial charge in [-0.2, -0.15) is 0 Å². The van der Waals surface area contributed by atoms with Crippen molar-refractivity contribution in [2.45, 2.75) is 64.3 Å². The van der Waals surface area contributed by atoms with Crippen LogP contribution in [0, 0.1) is 5.92 Å². The van der Waals surface area contributed by atoms with Crippen LogP contribution in [-0.2, 0) is 16.1 Å². The molecule has 9 heteroatoms. The second-order valence-corrected chi connectivity index (χ2v) is 10.0. The van der Waals surface area contributed by atoms with E-state index in [1.165, 1.54) is 4.90 Å². The highest BCUT2D eigenvalue weighted by Crippen LogP contribution is 2.30. The molecule has 3 atom stereocenters. The Morgan fingerprint density at radius 1 is 1.09 bits per heavy atom. The Morgan fingerprint density at radius 2 is 1.83 bits per heavy atom. The Labute approximate surface area is 216 Å². The maximum atomic E-state index is 13.3. The number of rotatable bonds is 9. The molecule has 0 aromatic heterocycles. The van der Waals surface area contributed by atoms with Crippen molar-refractivity contribution in [2.75, 3.05) is 11.9 Å². The van der Waals surface area contributed by atoms with E-state index in [1.807, 2.05) is 38.1 Å². The fourth-order valence-electron chi connectivity index (χ4n) is 4.34. The zero-order valence-electron chi connectivity index (χ0n) is 19.9. The smallest absolute Gasteiger partial charge is 0.323 e. The fraction of sp³-hybridized carbons (Fsp3) is 0.462. The number of benzene rings is 2. The summed E-state index contributed by atoms with van der Waals surface area (Å²) in [5.74, 6) is -0.962. The Hall–Kier alpha value is -2.48. The molecule has 2 aromatic rings. The van der Waals surface area contributed by atoms with Gasteiger partial charge in [0.25, 0.3) is 0 Å². The molecule has 0 radical (unpaired) electrons. The van der Waals surface area contributed by atoms with E-state index in [4.69, 9.17) is 27.9 Å². The van der Waals surface area contributed by atoms with Gasteiger partial charge in [0.05, 0.1) is 28.3 Å². The third-order valence-electron chi connectivity index (χ3n) is 6.00. The maximum absolute atomic E-state index is 13.3. The standard InChI is InChI=1S/C26H32Cl2N2O5/c1-16(2)35-20-5-3-4-19(13-20)29-23-10-7-18(8-11-24(23)31)26(34)30(15-25(32)33)14-17-6-9-21(27)22(28)12-17/h3-6,9,12-13,16,18,23-24,29,31H,7-8,10-11,14-15H2,1-2H3,(H,32,33)/t18-,23+,24+/m1/s1. The van der Waals surface area contributed by atoms with E-state index in [1.54, 1.807) is 18.2 Å². The van der Waals surface area contributed by atoms with Crippen LogP contribution in [0.25, 0.3) is 0 Å². The summed E-state index contributed by atoms with van der Waals surface area (Å²) in [5, 5.41) is 24.3. The summed E-state index contributed by atoms with van der Waals surface area (Å²) in [6, 6.07) is 12.3. The molecule has 1 fully saturated rings. The lowest BCUT2D eigenvalue weighted by molar-refractivity contribution is -0.147. The third-order valence-corrected chi connectivity index (χ3v) is 6.74. The second-order valence-electron chi connectivity index (χ2n) is 9.20. The number of halogens is 2. The van der Waals surface area contributed by atoms with Gasteiger partial charge < -0.3 is 25.2 Å². The molecule has 0 spiro atoms. The van der Waals surface area contributed by atoms with Crippen LogP contribution in [0.3, 0.4) is 0 Å². The molecular weight excluding hydrogens is 491 g/mol. The van der Waals surface area contributed by atoms with Gasteiger partial charge in [-0.1, -0.05) is 35.3 Å². The number of aliphatic hydroxyl groups excluding tert-OH is 1. The summed E-state index contributed by atoms with van der Waals surface area (Å²) < 4.78 is 5.75. The van der Waals surface area contributed by atoms with Gasteiger partial charge in [0, 0.05) is 24.2 Å². The van der Waals surface area contributed by atoms with Crippen molar-refractivity contribution in [3.8, 4) is 5.75 Å². The van der Waals surface area contributed by atoms with Gasteiger partial charge in [0.2, 0.25) is 5.91 Å². The first-order valence-corrected chi connectivity index (χ1v) is 12.5. The second kappa shape index (κ2) is 12.5. The number of nitrogens with zero attached hydrogens (tertiary/aromatic N) is 1. The zero-order valence-corrected chi connectivity index (χ0v) is 21.4. The minimum atomic E-state index is -1.09. The highest BCUT2D eigenvalue weighted by molar-refractivity contribution is 6.42. The summed E-state index contributed by atoms with van der Waals surface area (Å²) in [7, 11) is 0. The molecule has 0 unspecified atom stereocenters. The quantitative estimate of drug-likeness (QED) is 0.390. The number of ether oxygens (including phenoxy) is 1. The van der Waals surface area contributed by atoms with Crippen molar-refractivity contribution in [1.82, 2.24) is 4.90 Å². The number of carboxylic acid groups (broad SMARTS) is 1. The maximum Gasteiger partial charge on any atom is 0.323 e. The average molecular weight is 523 g/mol. The van der Waals surface area contributed by atoms with Gasteiger partial charge in [-0.3, -0.25) is 9.59 Å². The molecule has 1 aliphatic carbocycles. The number of carbonyl (C=O) groups is 2. The van der Waals surface area contributed by atoms with Crippen molar-refractivity contribution in [3.63, 3.8) is 0 Å². The fourth-order valence-corrected chi connectivity index (χ4v) is 4.66. The Bertz CT molecular complexity index is 1030. The third kappa shape index (κ3) is 8.02. The number of amides is 1. The highest BCUT2D eigenvalue weighted by Gasteiger charge is 2.32. The van der Waals surface area contributed by atoms with Crippen LogP contribution >= 0.6 is 23.2 Å². The van der Waals surface area contributed by atoms with Gasteiger partial charge in [-0.15, -0.1) is 0 Å². The molecule has 0 saturated heterocycles. The van der Waals surface area contributed by atoms with Crippen molar-refractivity contribution >= 4 is 40.8 Å². The van der Waals surface area contributed by atoms with Gasteiger partial charge in [0.15, 0.2) is 0 Å². The van der Waals surface area contributed by atoms with E-state index >= 15 is 0 Å². The van der Waals surface area contributed by atoms with E-state index in [9.17, 15) is 19.8 Å². The summed E-state index contributed by atoms with van der Waals surface area (Å²) in [4.78, 5) is 26.2. The van der Waals surface area contributed by atoms with Crippen LogP contribution in [0.5, 0.6) is 5.75 Å². The van der Waals surface area contributed by atoms with E-state index in [-0.39, 0.29) is 30.5 Å². The Kier molecular flexibility index (Phi) is 9.66. The number of carboxylic acids is 1. The molecule has 190 valence electrons. The number of aliphatic hydroxyl groups is 1. The molecular formula is C26H32Cl2N2O5. The minimum Gasteiger partial charge on any atom is -0.491 e. The van der Waals surface area contributed by atoms with Gasteiger partial charge >= 0.3 is 5.97 Å². The van der Waals surface area contributed by atoms with E-state index in [0.717, 1.165) is 11.4 Å². The van der Waals surface area contributed by atoms with Crippen LogP contribution in [0.2, 0.25) is 10.0 Å². The lowest BCUT2D eigenvalue weighted by Gasteiger charge is -2.26. The van der Waals surface area contributed by atoms with Crippen molar-refractivity contribution in [3.05, 3.63) is 58.1 Å². The first-order chi connectivity index (χ1) is 16.6. The molecule has 0 bridgehead atoms. The summed E-state index contributed by atoms with van der Waals surface area (Å²) in [6.45, 7) is 3.62. The predicted molar refractivity (Wildman–Crippen MR) is 137 cm³/mol. The molecule has 1 saturated carbocycles. The SMILES string of the molecule is CC(C)Oc1cccc(N[C@H]2CC[C@@H](C(=O)N(CC(=O)O)Cc3ccc(Cl)c(Cl)c3)CC[C@@H]2O)c1. The summed E-state index contributed by atoms with van der Waals surface area (Å²) >= 11 is 12.1. The number of hydrogen-bond donors (Lipinski definition) is 3. The van der Waals surface area contributed by atoms with Crippen LogP contribution in [-0.4, -0.2) is 51.8 Å². The Balaban J connectivity index is 1.67. The normalized spacial score (nSPS) is 20.2. The van der Waals surface area contributed by atoms with Crippen molar-refractivity contribution in [2.24, 2.45) is 5.92 Å². The van der Waals surface area contributed by atoms with Crippen LogP contribution in [0.15, 0.2) is 42.5 Å². The first kappa shape index (κ1) is 27.1. The van der Waals surface area contributed by atoms with Gasteiger partial charge in [0.1, 0.15) is 12.3 Å². The van der Waals surface area contributed by atoms with Crippen molar-refractivity contribution < 1.29 is 24.5 Å². The lowest BCUT2D eigenvalue weighted by Crippen LogP contribution is -2.39. The van der Waals surface area contributed by atoms with Crippen molar-refractivity contribution in [1.29, 1.82) is 0 Å². The van der Waals surface area contributed by atoms with E-state index in [2.05, 4.69) is 5.32 Å². The highest BCUT2D eigenvalue weighted by atomic mass is 35.5. The summed E-state index contributed by atoms with van der Waals surface area (Å²) in [6.07, 6.45) is 1.44. The lowest BCUT2D eigenvalue weighted by atomic mass is 9.98. The number of carbonyl (C=O) groups excluding carboxylic acids is 1. The van der Waals surface area contributed by atoms with Gasteiger partial charge in [-0.25, -0.2) is 0 Å². The van der Waals surface area contributed by atoms with E-state index in [0.29, 0.717) is 41.3 Å². The number of anilines is 1. The molecule has 3 N–H and O–H groups in total. The molecule has 1 amide bonds. The topological polar surface area (TPSA) is 99.1 Å². The Morgan fingerprint density at radius 3 is 2.51 bits per heavy atom. The first-order valence-electron chi connectivity index (χ1n) is 11.8. The van der Waals surface area contributed by atoms with Crippen LogP contribution in [0.1, 0.15) is 45.1 Å². The van der Waals surface area contributed by atoms with Gasteiger partial charge in [-0.05, 0) is 69.4 Å². The predicted octanol–water partition coefficient (Wildman–Crippen LogP) is 5.23. The largest absolute Gasteiger partial charge is 0.491 e. The number of nitrogens with one attached hydrogen (secondary N) is 1. The summed E-state index contributed by atoms with van der Waals surface area (Å²) in [5.41, 5.74) is 1.54. The van der Waals surface area contributed by atoms with Crippen LogP contribution < -0.4 is 10.1 Å². The molecule has 0 aliphatic heterocycles. The molecule has 3 rings (SSSR count). The zero-order chi connectivity index (χ0) is 25.5. The average Bonchev–Trinajstić information content (AvgIpc) is 2.96. The van der Waals surface area contributed by atoms with E-state index < -0.39 is 18.6 Å². The molecule has 0 heterocycles. The number of aliphatic carboxylic acids is 1. The molecule has 1 aliphatic rings. The molecule has 7 nitrogen and oxygen atoms in total. The number of hydrogen-bond acceptors (Lipinski definition) is 5. The molecule has 35 heavy (non-hydrogen) atoms.